The second-order valence-corrected chi connectivity index (χ2v) is 7.53. The SMILES string of the molecule is C=CCSSc1ccccc1SSCC=C. The van der Waals surface area contributed by atoms with Gasteiger partial charge in [-0.15, -0.1) is 13.2 Å². The van der Waals surface area contributed by atoms with Crippen molar-refractivity contribution in [1.82, 2.24) is 0 Å². The van der Waals surface area contributed by atoms with Crippen molar-refractivity contribution in [3.8, 4) is 0 Å². The first kappa shape index (κ1) is 14.2. The molecule has 0 unspecified atom stereocenters. The van der Waals surface area contributed by atoms with Gasteiger partial charge in [-0.2, -0.15) is 0 Å². The van der Waals surface area contributed by atoms with Crippen LogP contribution in [0.2, 0.25) is 0 Å². The highest BCUT2D eigenvalue weighted by atomic mass is 33.1. The molecule has 0 bridgehead atoms. The third-order valence-corrected chi connectivity index (χ3v) is 6.30. The highest BCUT2D eigenvalue weighted by Crippen LogP contribution is 2.41. The standard InChI is InChI=1S/C12H14S4/c1-3-9-13-15-11-7-5-6-8-12(11)16-14-10-4-2/h3-8H,1-2,9-10H2. The zero-order valence-electron chi connectivity index (χ0n) is 8.93. The minimum Gasteiger partial charge on any atom is -0.102 e. The monoisotopic (exact) mass is 286 g/mol. The largest absolute Gasteiger partial charge is 0.102 e. The normalized spacial score (nSPS) is 10.0. The fourth-order valence-corrected chi connectivity index (χ4v) is 5.22. The Kier molecular flexibility index (Phi) is 8.11. The lowest BCUT2D eigenvalue weighted by Gasteiger charge is -2.06. The van der Waals surface area contributed by atoms with Gasteiger partial charge in [-0.1, -0.05) is 67.5 Å². The van der Waals surface area contributed by atoms with Gasteiger partial charge in [0, 0.05) is 21.3 Å². The van der Waals surface area contributed by atoms with E-state index in [0.29, 0.717) is 0 Å². The Morgan fingerprint density at radius 3 is 1.69 bits per heavy atom. The van der Waals surface area contributed by atoms with Crippen LogP contribution in [0.1, 0.15) is 0 Å². The quantitative estimate of drug-likeness (QED) is 0.349. The maximum Gasteiger partial charge on any atom is 0.0327 e. The van der Waals surface area contributed by atoms with Crippen molar-refractivity contribution >= 4 is 43.2 Å². The van der Waals surface area contributed by atoms with Crippen LogP contribution in [0, 0.1) is 0 Å². The average Bonchev–Trinajstić information content (AvgIpc) is 2.32. The van der Waals surface area contributed by atoms with Gasteiger partial charge < -0.3 is 0 Å². The Morgan fingerprint density at radius 2 is 1.31 bits per heavy atom. The summed E-state index contributed by atoms with van der Waals surface area (Å²) in [5.74, 6) is 1.95. The predicted molar refractivity (Wildman–Crippen MR) is 83.5 cm³/mol. The maximum absolute atomic E-state index is 3.72. The van der Waals surface area contributed by atoms with Crippen LogP contribution in [-0.2, 0) is 0 Å². The molecule has 0 N–H and O–H groups in total. The molecule has 0 aliphatic rings. The molecule has 0 fully saturated rings. The van der Waals surface area contributed by atoms with Crippen LogP contribution in [0.4, 0.5) is 0 Å². The van der Waals surface area contributed by atoms with Crippen molar-refractivity contribution in [2.75, 3.05) is 11.5 Å². The van der Waals surface area contributed by atoms with E-state index in [1.165, 1.54) is 9.79 Å². The minimum absolute atomic E-state index is 0.976. The second kappa shape index (κ2) is 9.16. The summed E-state index contributed by atoms with van der Waals surface area (Å²) in [5.41, 5.74) is 0. The van der Waals surface area contributed by atoms with E-state index in [9.17, 15) is 0 Å². The summed E-state index contributed by atoms with van der Waals surface area (Å²) >= 11 is 0. The van der Waals surface area contributed by atoms with E-state index < -0.39 is 0 Å². The summed E-state index contributed by atoms with van der Waals surface area (Å²) in [6.45, 7) is 7.44. The molecule has 0 aromatic heterocycles. The van der Waals surface area contributed by atoms with E-state index in [1.807, 2.05) is 55.3 Å². The summed E-state index contributed by atoms with van der Waals surface area (Å²) in [7, 11) is 7.26. The van der Waals surface area contributed by atoms with Gasteiger partial charge in [-0.05, 0) is 12.1 Å². The summed E-state index contributed by atoms with van der Waals surface area (Å²) in [5, 5.41) is 0. The molecule has 1 aromatic carbocycles. The highest BCUT2D eigenvalue weighted by Gasteiger charge is 2.02. The van der Waals surface area contributed by atoms with E-state index >= 15 is 0 Å². The van der Waals surface area contributed by atoms with Crippen LogP contribution < -0.4 is 0 Å². The molecule has 4 heteroatoms. The lowest BCUT2D eigenvalue weighted by Crippen LogP contribution is -1.75. The van der Waals surface area contributed by atoms with Gasteiger partial charge in [0.25, 0.3) is 0 Å². The van der Waals surface area contributed by atoms with Crippen molar-refractivity contribution in [3.63, 3.8) is 0 Å². The van der Waals surface area contributed by atoms with Crippen LogP contribution in [0.3, 0.4) is 0 Å². The fraction of sp³-hybridized carbons (Fsp3) is 0.167. The van der Waals surface area contributed by atoms with Crippen LogP contribution in [0.5, 0.6) is 0 Å². The molecule has 0 atom stereocenters. The molecule has 0 spiro atoms. The topological polar surface area (TPSA) is 0 Å². The molecule has 1 aromatic rings. The van der Waals surface area contributed by atoms with Gasteiger partial charge in [0.2, 0.25) is 0 Å². The smallest absolute Gasteiger partial charge is 0.0327 e. The van der Waals surface area contributed by atoms with Crippen LogP contribution in [0.15, 0.2) is 59.4 Å². The van der Waals surface area contributed by atoms with Crippen LogP contribution >= 0.6 is 43.2 Å². The van der Waals surface area contributed by atoms with Gasteiger partial charge in [0.15, 0.2) is 0 Å². The summed E-state index contributed by atoms with van der Waals surface area (Å²) in [6.07, 6.45) is 3.86. The molecule has 0 nitrogen and oxygen atoms in total. The van der Waals surface area contributed by atoms with Crippen molar-refractivity contribution in [2.24, 2.45) is 0 Å². The first-order chi connectivity index (χ1) is 7.88. The molecule has 0 saturated heterocycles. The van der Waals surface area contributed by atoms with Crippen LogP contribution in [-0.4, -0.2) is 11.5 Å². The third kappa shape index (κ3) is 5.43. The van der Waals surface area contributed by atoms with Gasteiger partial charge in [-0.3, -0.25) is 0 Å². The number of hydrogen-bond acceptors (Lipinski definition) is 4. The Hall–Kier alpha value is 0.1000. The first-order valence-corrected chi connectivity index (χ1v) is 9.42. The molecule has 0 aliphatic heterocycles. The first-order valence-electron chi connectivity index (χ1n) is 4.78. The molecule has 0 heterocycles. The highest BCUT2D eigenvalue weighted by molar-refractivity contribution is 8.78. The van der Waals surface area contributed by atoms with Crippen molar-refractivity contribution in [2.45, 2.75) is 9.79 Å². The number of hydrogen-bond donors (Lipinski definition) is 0. The van der Waals surface area contributed by atoms with Crippen molar-refractivity contribution in [1.29, 1.82) is 0 Å². The average molecular weight is 287 g/mol. The molecule has 0 saturated carbocycles. The number of benzene rings is 1. The van der Waals surface area contributed by atoms with Crippen molar-refractivity contribution in [3.05, 3.63) is 49.6 Å². The van der Waals surface area contributed by atoms with E-state index in [0.717, 1.165) is 11.5 Å². The Bertz CT molecular complexity index is 303. The van der Waals surface area contributed by atoms with E-state index in [4.69, 9.17) is 0 Å². The fourth-order valence-electron chi connectivity index (χ4n) is 0.879. The predicted octanol–water partition coefficient (Wildman–Crippen LogP) is 5.54. The molecule has 86 valence electrons. The molecule has 1 rings (SSSR count). The Morgan fingerprint density at radius 1 is 0.875 bits per heavy atom. The lowest BCUT2D eigenvalue weighted by atomic mass is 10.4. The Balaban J connectivity index is 2.52. The number of rotatable bonds is 8. The molecular weight excluding hydrogens is 272 g/mol. The Labute approximate surface area is 114 Å². The van der Waals surface area contributed by atoms with Gasteiger partial charge in [0.05, 0.1) is 0 Å². The second-order valence-electron chi connectivity index (χ2n) is 2.76. The zero-order chi connectivity index (χ0) is 11.6. The molecule has 0 radical (unpaired) electrons. The van der Waals surface area contributed by atoms with Gasteiger partial charge >= 0.3 is 0 Å². The third-order valence-electron chi connectivity index (χ3n) is 1.52. The van der Waals surface area contributed by atoms with E-state index in [-0.39, 0.29) is 0 Å². The zero-order valence-corrected chi connectivity index (χ0v) is 12.2. The van der Waals surface area contributed by atoms with Crippen molar-refractivity contribution < 1.29 is 0 Å². The minimum atomic E-state index is 0.976. The maximum atomic E-state index is 3.72. The molecular formula is C12H14S4. The van der Waals surface area contributed by atoms with E-state index in [1.54, 1.807) is 0 Å². The van der Waals surface area contributed by atoms with Gasteiger partial charge in [-0.25, -0.2) is 0 Å². The molecule has 0 amide bonds. The summed E-state index contributed by atoms with van der Waals surface area (Å²) < 4.78 is 0. The summed E-state index contributed by atoms with van der Waals surface area (Å²) in [6, 6.07) is 8.49. The van der Waals surface area contributed by atoms with Crippen LogP contribution in [0.25, 0.3) is 0 Å². The van der Waals surface area contributed by atoms with E-state index in [2.05, 4.69) is 37.4 Å². The lowest BCUT2D eigenvalue weighted by molar-refractivity contribution is 1.27. The molecule has 0 aliphatic carbocycles. The summed E-state index contributed by atoms with van der Waals surface area (Å²) in [4.78, 5) is 2.66. The molecule has 16 heavy (non-hydrogen) atoms. The van der Waals surface area contributed by atoms with Gasteiger partial charge in [0.1, 0.15) is 0 Å².